The number of hydrogen-bond donors (Lipinski definition) is 1. The molecule has 2 aromatic rings. The number of carbonyl (C=O) groups excluding carboxylic acids is 2. The van der Waals surface area contributed by atoms with E-state index >= 15 is 0 Å². The first kappa shape index (κ1) is 16.5. The number of esters is 1. The van der Waals surface area contributed by atoms with Crippen LogP contribution in [0.25, 0.3) is 0 Å². The third-order valence-electron chi connectivity index (χ3n) is 3.24. The minimum atomic E-state index is -0.460. The maximum absolute atomic E-state index is 11.6. The monoisotopic (exact) mass is 313 g/mol. The molecular weight excluding hydrogens is 294 g/mol. The summed E-state index contributed by atoms with van der Waals surface area (Å²) in [5.41, 5.74) is 2.38. The number of amides is 1. The average Bonchev–Trinajstić information content (AvgIpc) is 2.60. The fourth-order valence-electron chi connectivity index (χ4n) is 2.05. The molecule has 0 atom stereocenters. The molecule has 0 aliphatic heterocycles. The van der Waals surface area contributed by atoms with E-state index in [-0.39, 0.29) is 12.6 Å². The van der Waals surface area contributed by atoms with Gasteiger partial charge in [0.25, 0.3) is 0 Å². The summed E-state index contributed by atoms with van der Waals surface area (Å²) in [4.78, 5) is 23.1. The highest BCUT2D eigenvalue weighted by Crippen LogP contribution is 2.07. The molecule has 0 saturated heterocycles. The van der Waals surface area contributed by atoms with E-state index in [0.717, 1.165) is 11.1 Å². The van der Waals surface area contributed by atoms with Gasteiger partial charge in [0.05, 0.1) is 12.7 Å². The van der Waals surface area contributed by atoms with Gasteiger partial charge in [-0.25, -0.2) is 9.59 Å². The van der Waals surface area contributed by atoms with Crippen LogP contribution in [0.3, 0.4) is 0 Å². The molecule has 0 bridgehead atoms. The summed E-state index contributed by atoms with van der Waals surface area (Å²) < 4.78 is 9.80. The number of ether oxygens (including phenoxy) is 2. The van der Waals surface area contributed by atoms with Crippen molar-refractivity contribution in [2.45, 2.75) is 13.0 Å². The summed E-state index contributed by atoms with van der Waals surface area (Å²) in [7, 11) is 1.35. The predicted molar refractivity (Wildman–Crippen MR) is 86.1 cm³/mol. The van der Waals surface area contributed by atoms with Gasteiger partial charge in [-0.05, 0) is 29.7 Å². The lowest BCUT2D eigenvalue weighted by Crippen LogP contribution is -2.26. The van der Waals surface area contributed by atoms with E-state index in [0.29, 0.717) is 18.5 Å². The van der Waals surface area contributed by atoms with Crippen LogP contribution in [0.4, 0.5) is 4.79 Å². The zero-order valence-corrected chi connectivity index (χ0v) is 13.0. The van der Waals surface area contributed by atoms with E-state index in [1.54, 1.807) is 18.2 Å². The molecule has 2 rings (SSSR count). The smallest absolute Gasteiger partial charge is 0.407 e. The number of carbonyl (C=O) groups is 2. The second kappa shape index (κ2) is 8.58. The van der Waals surface area contributed by atoms with Gasteiger partial charge >= 0.3 is 12.1 Å². The minimum Gasteiger partial charge on any atom is -0.465 e. The van der Waals surface area contributed by atoms with E-state index in [2.05, 4.69) is 10.1 Å². The molecule has 0 radical (unpaired) electrons. The lowest BCUT2D eigenvalue weighted by atomic mass is 10.1. The Kier molecular flexibility index (Phi) is 6.17. The van der Waals surface area contributed by atoms with Crippen molar-refractivity contribution in [2.75, 3.05) is 13.7 Å². The molecule has 2 aromatic carbocycles. The second-order valence-electron chi connectivity index (χ2n) is 4.93. The van der Waals surface area contributed by atoms with Gasteiger partial charge in [0.15, 0.2) is 0 Å². The van der Waals surface area contributed by atoms with Gasteiger partial charge in [-0.15, -0.1) is 0 Å². The highest BCUT2D eigenvalue weighted by molar-refractivity contribution is 5.89. The number of alkyl carbamates (subject to hydrolysis) is 1. The Morgan fingerprint density at radius 3 is 2.48 bits per heavy atom. The van der Waals surface area contributed by atoms with Gasteiger partial charge in [0.1, 0.15) is 6.61 Å². The quantitative estimate of drug-likeness (QED) is 0.833. The van der Waals surface area contributed by atoms with Crippen LogP contribution in [0, 0.1) is 0 Å². The molecule has 120 valence electrons. The van der Waals surface area contributed by atoms with Crippen LogP contribution in [-0.2, 0) is 22.5 Å². The molecule has 0 aliphatic carbocycles. The molecule has 5 heteroatoms. The van der Waals surface area contributed by atoms with Crippen LogP contribution in [0.15, 0.2) is 54.6 Å². The van der Waals surface area contributed by atoms with Gasteiger partial charge in [-0.2, -0.15) is 0 Å². The highest BCUT2D eigenvalue weighted by Gasteiger charge is 2.06. The molecule has 0 aromatic heterocycles. The van der Waals surface area contributed by atoms with Crippen LogP contribution in [0.2, 0.25) is 0 Å². The SMILES string of the molecule is COC(=O)c1cccc(CCNC(=O)OCc2ccccc2)c1. The number of hydrogen-bond acceptors (Lipinski definition) is 4. The van der Waals surface area contributed by atoms with Gasteiger partial charge in [-0.3, -0.25) is 0 Å². The number of benzene rings is 2. The summed E-state index contributed by atoms with van der Waals surface area (Å²) in [6, 6.07) is 16.6. The largest absolute Gasteiger partial charge is 0.465 e. The van der Waals surface area contributed by atoms with Crippen molar-refractivity contribution >= 4 is 12.1 Å². The summed E-state index contributed by atoms with van der Waals surface area (Å²) in [5.74, 6) is -0.373. The van der Waals surface area contributed by atoms with Crippen LogP contribution in [0.5, 0.6) is 0 Å². The maximum atomic E-state index is 11.6. The van der Waals surface area contributed by atoms with E-state index in [4.69, 9.17) is 4.74 Å². The van der Waals surface area contributed by atoms with Crippen LogP contribution in [0.1, 0.15) is 21.5 Å². The second-order valence-corrected chi connectivity index (χ2v) is 4.93. The van der Waals surface area contributed by atoms with Crippen LogP contribution in [-0.4, -0.2) is 25.7 Å². The van der Waals surface area contributed by atoms with E-state index in [9.17, 15) is 9.59 Å². The molecule has 0 spiro atoms. The van der Waals surface area contributed by atoms with Crippen molar-refractivity contribution in [2.24, 2.45) is 0 Å². The molecule has 0 heterocycles. The summed E-state index contributed by atoms with van der Waals surface area (Å²) in [6.45, 7) is 0.669. The Morgan fingerprint density at radius 2 is 1.74 bits per heavy atom. The van der Waals surface area contributed by atoms with Crippen molar-refractivity contribution in [3.63, 3.8) is 0 Å². The Hall–Kier alpha value is -2.82. The molecular formula is C18H19NO4. The van der Waals surface area contributed by atoms with Crippen molar-refractivity contribution in [1.29, 1.82) is 0 Å². The Morgan fingerprint density at radius 1 is 1.00 bits per heavy atom. The van der Waals surface area contributed by atoms with Gasteiger partial charge in [0, 0.05) is 6.54 Å². The zero-order valence-electron chi connectivity index (χ0n) is 13.0. The molecule has 1 N–H and O–H groups in total. The predicted octanol–water partition coefficient (Wildman–Crippen LogP) is 2.94. The summed E-state index contributed by atoms with van der Waals surface area (Å²) >= 11 is 0. The highest BCUT2D eigenvalue weighted by atomic mass is 16.5. The molecule has 23 heavy (non-hydrogen) atoms. The molecule has 0 saturated carbocycles. The van der Waals surface area contributed by atoms with Crippen molar-refractivity contribution < 1.29 is 19.1 Å². The maximum Gasteiger partial charge on any atom is 0.407 e. The van der Waals surface area contributed by atoms with E-state index < -0.39 is 6.09 Å². The van der Waals surface area contributed by atoms with E-state index in [1.165, 1.54) is 7.11 Å². The Labute approximate surface area is 135 Å². The standard InChI is InChI=1S/C18H19NO4/c1-22-17(20)16-9-5-8-14(12-16)10-11-19-18(21)23-13-15-6-3-2-4-7-15/h2-9,12H,10-11,13H2,1H3,(H,19,21). The third kappa shape index (κ3) is 5.47. The summed E-state index contributed by atoms with van der Waals surface area (Å²) in [6.07, 6.45) is 0.142. The van der Waals surface area contributed by atoms with Gasteiger partial charge in [-0.1, -0.05) is 42.5 Å². The Bertz CT molecular complexity index is 655. The zero-order chi connectivity index (χ0) is 16.5. The van der Waals surface area contributed by atoms with Gasteiger partial charge < -0.3 is 14.8 Å². The minimum absolute atomic E-state index is 0.241. The molecule has 0 aliphatic rings. The van der Waals surface area contributed by atoms with Crippen LogP contribution < -0.4 is 5.32 Å². The average molecular weight is 313 g/mol. The van der Waals surface area contributed by atoms with E-state index in [1.807, 2.05) is 36.4 Å². The molecule has 5 nitrogen and oxygen atoms in total. The fourth-order valence-corrected chi connectivity index (χ4v) is 2.05. The lowest BCUT2D eigenvalue weighted by molar-refractivity contribution is 0.0600. The fraction of sp³-hybridized carbons (Fsp3) is 0.222. The third-order valence-corrected chi connectivity index (χ3v) is 3.24. The van der Waals surface area contributed by atoms with Crippen molar-refractivity contribution in [1.82, 2.24) is 5.32 Å². The molecule has 0 unspecified atom stereocenters. The molecule has 0 fully saturated rings. The number of methoxy groups -OCH3 is 1. The first-order valence-corrected chi connectivity index (χ1v) is 7.31. The lowest BCUT2D eigenvalue weighted by Gasteiger charge is -2.08. The molecule has 1 amide bonds. The number of nitrogens with one attached hydrogen (secondary N) is 1. The van der Waals surface area contributed by atoms with Crippen molar-refractivity contribution in [3.05, 3.63) is 71.3 Å². The topological polar surface area (TPSA) is 64.6 Å². The van der Waals surface area contributed by atoms with Crippen LogP contribution >= 0.6 is 0 Å². The normalized spacial score (nSPS) is 9.96. The Balaban J connectivity index is 1.74. The van der Waals surface area contributed by atoms with Gasteiger partial charge in [0.2, 0.25) is 0 Å². The first-order chi connectivity index (χ1) is 11.2. The van der Waals surface area contributed by atoms with Crippen molar-refractivity contribution in [3.8, 4) is 0 Å². The first-order valence-electron chi connectivity index (χ1n) is 7.31. The number of rotatable bonds is 6. The summed E-state index contributed by atoms with van der Waals surface area (Å²) in [5, 5.41) is 2.69.